The van der Waals surface area contributed by atoms with Crippen molar-refractivity contribution in [1.82, 2.24) is 4.98 Å². The zero-order valence-corrected chi connectivity index (χ0v) is 8.66. The fourth-order valence-corrected chi connectivity index (χ4v) is 1.37. The molecule has 0 spiro atoms. The number of rotatable bonds is 4. The number of nitrogens with zero attached hydrogens (tertiary/aromatic N) is 1. The van der Waals surface area contributed by atoms with Gasteiger partial charge in [0.25, 0.3) is 0 Å². The highest BCUT2D eigenvalue weighted by atomic mass is 16.1. The van der Waals surface area contributed by atoms with Gasteiger partial charge in [-0.15, -0.1) is 0 Å². The van der Waals surface area contributed by atoms with Crippen molar-refractivity contribution in [2.75, 3.05) is 6.54 Å². The van der Waals surface area contributed by atoms with Crippen LogP contribution in [-0.2, 0) is 0 Å². The lowest BCUT2D eigenvalue weighted by Gasteiger charge is -2.21. The van der Waals surface area contributed by atoms with Crippen LogP contribution in [0.3, 0.4) is 0 Å². The molecule has 0 radical (unpaired) electrons. The summed E-state index contributed by atoms with van der Waals surface area (Å²) in [5.74, 6) is 0.130. The molecule has 2 N–H and O–H groups in total. The Kier molecular flexibility index (Phi) is 3.36. The zero-order chi connectivity index (χ0) is 10.6. The molecule has 3 heteroatoms. The molecule has 1 heterocycles. The first-order valence-electron chi connectivity index (χ1n) is 4.73. The second-order valence-electron chi connectivity index (χ2n) is 3.99. The van der Waals surface area contributed by atoms with Gasteiger partial charge in [0.1, 0.15) is 0 Å². The van der Waals surface area contributed by atoms with Crippen molar-refractivity contribution in [2.45, 2.75) is 20.3 Å². The van der Waals surface area contributed by atoms with Crippen LogP contribution in [-0.4, -0.2) is 17.3 Å². The molecule has 76 valence electrons. The fraction of sp³-hybridized carbons (Fsp3) is 0.455. The lowest BCUT2D eigenvalue weighted by molar-refractivity contribution is 0.0829. The molecule has 0 bridgehead atoms. The van der Waals surface area contributed by atoms with E-state index < -0.39 is 0 Å². The van der Waals surface area contributed by atoms with Crippen LogP contribution in [0.25, 0.3) is 0 Å². The minimum absolute atomic E-state index is 0.130. The van der Waals surface area contributed by atoms with Crippen LogP contribution in [0.4, 0.5) is 0 Å². The van der Waals surface area contributed by atoms with E-state index in [1.807, 2.05) is 13.8 Å². The highest BCUT2D eigenvalue weighted by Crippen LogP contribution is 2.24. The molecule has 1 aromatic rings. The van der Waals surface area contributed by atoms with E-state index in [-0.39, 0.29) is 11.2 Å². The maximum Gasteiger partial charge on any atom is 0.168 e. The van der Waals surface area contributed by atoms with Gasteiger partial charge >= 0.3 is 0 Å². The fourth-order valence-electron chi connectivity index (χ4n) is 1.37. The molecule has 0 amide bonds. The molecule has 1 rings (SSSR count). The molecule has 3 nitrogen and oxygen atoms in total. The number of nitrogens with two attached hydrogens (primary N) is 1. The summed E-state index contributed by atoms with van der Waals surface area (Å²) in [7, 11) is 0. The number of carbonyl (C=O) groups excluding carboxylic acids is 1. The lowest BCUT2D eigenvalue weighted by atomic mass is 9.81. The molecule has 0 aliphatic rings. The minimum atomic E-state index is -0.379. The second-order valence-corrected chi connectivity index (χ2v) is 3.99. The van der Waals surface area contributed by atoms with Gasteiger partial charge in [-0.3, -0.25) is 9.78 Å². The Morgan fingerprint density at radius 1 is 1.43 bits per heavy atom. The number of aromatic nitrogens is 1. The monoisotopic (exact) mass is 192 g/mol. The van der Waals surface area contributed by atoms with Crippen molar-refractivity contribution in [1.29, 1.82) is 0 Å². The predicted molar refractivity (Wildman–Crippen MR) is 56.0 cm³/mol. The number of ketones is 1. The third kappa shape index (κ3) is 2.39. The lowest BCUT2D eigenvalue weighted by Crippen LogP contribution is -2.27. The van der Waals surface area contributed by atoms with Crippen LogP contribution in [0.15, 0.2) is 24.5 Å². The normalized spacial score (nSPS) is 11.4. The van der Waals surface area contributed by atoms with Crippen molar-refractivity contribution in [3.63, 3.8) is 0 Å². The Morgan fingerprint density at radius 2 is 2.00 bits per heavy atom. The molecule has 1 aromatic heterocycles. The maximum atomic E-state index is 12.0. The van der Waals surface area contributed by atoms with E-state index in [1.165, 1.54) is 0 Å². The van der Waals surface area contributed by atoms with Crippen molar-refractivity contribution in [3.8, 4) is 0 Å². The molecular formula is C11H16N2O. The quantitative estimate of drug-likeness (QED) is 0.738. The van der Waals surface area contributed by atoms with Crippen LogP contribution in [0.2, 0.25) is 0 Å². The number of carbonyl (C=O) groups is 1. The van der Waals surface area contributed by atoms with Gasteiger partial charge in [-0.25, -0.2) is 0 Å². The van der Waals surface area contributed by atoms with E-state index >= 15 is 0 Å². The SMILES string of the molecule is CC(C)(CCN)C(=O)c1ccncc1. The van der Waals surface area contributed by atoms with Crippen molar-refractivity contribution in [2.24, 2.45) is 11.1 Å². The van der Waals surface area contributed by atoms with Gasteiger partial charge in [-0.05, 0) is 25.1 Å². The van der Waals surface area contributed by atoms with Gasteiger partial charge in [0.15, 0.2) is 5.78 Å². The Labute approximate surface area is 84.3 Å². The number of Topliss-reactive ketones (excluding diaryl/α,β-unsaturated/α-hetero) is 1. The molecule has 0 unspecified atom stereocenters. The topological polar surface area (TPSA) is 56.0 Å². The van der Waals surface area contributed by atoms with E-state index in [4.69, 9.17) is 5.73 Å². The van der Waals surface area contributed by atoms with E-state index in [2.05, 4.69) is 4.98 Å². The molecular weight excluding hydrogens is 176 g/mol. The first-order chi connectivity index (χ1) is 6.58. The molecule has 0 aliphatic heterocycles. The highest BCUT2D eigenvalue weighted by Gasteiger charge is 2.27. The van der Waals surface area contributed by atoms with Gasteiger partial charge in [0, 0.05) is 23.4 Å². The summed E-state index contributed by atoms with van der Waals surface area (Å²) in [5, 5.41) is 0. The Hall–Kier alpha value is -1.22. The van der Waals surface area contributed by atoms with E-state index in [0.29, 0.717) is 18.5 Å². The molecule has 0 fully saturated rings. The van der Waals surface area contributed by atoms with Gasteiger partial charge in [-0.1, -0.05) is 13.8 Å². The van der Waals surface area contributed by atoms with Crippen LogP contribution in [0.1, 0.15) is 30.6 Å². The summed E-state index contributed by atoms with van der Waals surface area (Å²) >= 11 is 0. The largest absolute Gasteiger partial charge is 0.330 e. The van der Waals surface area contributed by atoms with Crippen molar-refractivity contribution >= 4 is 5.78 Å². The average Bonchev–Trinajstić information content (AvgIpc) is 2.18. The van der Waals surface area contributed by atoms with E-state index in [0.717, 1.165) is 0 Å². The highest BCUT2D eigenvalue weighted by molar-refractivity contribution is 5.99. The van der Waals surface area contributed by atoms with Crippen LogP contribution >= 0.6 is 0 Å². The van der Waals surface area contributed by atoms with Crippen LogP contribution in [0, 0.1) is 5.41 Å². The molecule has 0 aliphatic carbocycles. The third-order valence-electron chi connectivity index (χ3n) is 2.33. The van der Waals surface area contributed by atoms with Gasteiger partial charge in [0.05, 0.1) is 0 Å². The summed E-state index contributed by atoms with van der Waals surface area (Å²) in [6.45, 7) is 4.37. The molecule has 0 atom stereocenters. The number of pyridine rings is 1. The Balaban J connectivity index is 2.85. The third-order valence-corrected chi connectivity index (χ3v) is 2.33. The average molecular weight is 192 g/mol. The second kappa shape index (κ2) is 4.33. The summed E-state index contributed by atoms with van der Waals surface area (Å²) < 4.78 is 0. The standard InChI is InChI=1S/C11H16N2O/c1-11(2,5-6-12)10(14)9-3-7-13-8-4-9/h3-4,7-8H,5-6,12H2,1-2H3. The van der Waals surface area contributed by atoms with Gasteiger partial charge in [-0.2, -0.15) is 0 Å². The first-order valence-corrected chi connectivity index (χ1v) is 4.73. The van der Waals surface area contributed by atoms with Crippen molar-refractivity contribution < 1.29 is 4.79 Å². The maximum absolute atomic E-state index is 12.0. The van der Waals surface area contributed by atoms with E-state index in [1.54, 1.807) is 24.5 Å². The molecule has 0 saturated carbocycles. The zero-order valence-electron chi connectivity index (χ0n) is 8.66. The van der Waals surface area contributed by atoms with Gasteiger partial charge < -0.3 is 5.73 Å². The Morgan fingerprint density at radius 3 is 2.50 bits per heavy atom. The minimum Gasteiger partial charge on any atom is -0.330 e. The van der Waals surface area contributed by atoms with Gasteiger partial charge in [0.2, 0.25) is 0 Å². The predicted octanol–water partition coefficient (Wildman–Crippen LogP) is 1.64. The van der Waals surface area contributed by atoms with Crippen LogP contribution in [0.5, 0.6) is 0 Å². The number of hydrogen-bond donors (Lipinski definition) is 1. The summed E-state index contributed by atoms with van der Waals surface area (Å²) in [6, 6.07) is 3.47. The smallest absolute Gasteiger partial charge is 0.168 e. The van der Waals surface area contributed by atoms with Crippen molar-refractivity contribution in [3.05, 3.63) is 30.1 Å². The Bertz CT molecular complexity index is 306. The van der Waals surface area contributed by atoms with Crippen LogP contribution < -0.4 is 5.73 Å². The van der Waals surface area contributed by atoms with E-state index in [9.17, 15) is 4.79 Å². The molecule has 0 aromatic carbocycles. The molecule has 0 saturated heterocycles. The number of hydrogen-bond acceptors (Lipinski definition) is 3. The summed E-state index contributed by atoms with van der Waals surface area (Å²) in [6.07, 6.45) is 3.96. The molecule has 14 heavy (non-hydrogen) atoms. The summed E-state index contributed by atoms with van der Waals surface area (Å²) in [4.78, 5) is 15.9. The first kappa shape index (κ1) is 10.9. The summed E-state index contributed by atoms with van der Waals surface area (Å²) in [5.41, 5.74) is 5.79.